The average Bonchev–Trinajstić information content (AvgIpc) is 3.23. The number of carbonyl (C=O) groups excluding carboxylic acids is 1. The van der Waals surface area contributed by atoms with Crippen molar-refractivity contribution in [2.75, 3.05) is 11.9 Å². The van der Waals surface area contributed by atoms with Crippen LogP contribution in [0.5, 0.6) is 6.01 Å². The quantitative estimate of drug-likeness (QED) is 0.365. The van der Waals surface area contributed by atoms with Gasteiger partial charge in [-0.15, -0.1) is 5.10 Å². The first-order valence-electron chi connectivity index (χ1n) is 10.2. The molecule has 0 spiro atoms. The van der Waals surface area contributed by atoms with Gasteiger partial charge < -0.3 is 10.1 Å². The molecule has 0 aliphatic carbocycles. The summed E-state index contributed by atoms with van der Waals surface area (Å²) >= 11 is 0. The van der Waals surface area contributed by atoms with Gasteiger partial charge in [-0.1, -0.05) is 12.1 Å². The number of halogens is 4. The predicted molar refractivity (Wildman–Crippen MR) is 117 cm³/mol. The van der Waals surface area contributed by atoms with Gasteiger partial charge >= 0.3 is 12.2 Å². The third-order valence-corrected chi connectivity index (χ3v) is 4.82. The molecule has 1 amide bonds. The standard InChI is InChI=1S/C24H18F4N4O2/c1-2-34-23-30-21(19-5-3-4-6-20(19)25)32(31-23)18-13-11-17(12-14-18)29-22(33)15-7-9-16(10-8-15)24(26,27)28/h3-14H,2H2,1H3,(H,29,33). The van der Waals surface area contributed by atoms with Gasteiger partial charge in [-0.2, -0.15) is 18.2 Å². The van der Waals surface area contributed by atoms with Crippen LogP contribution in [0.2, 0.25) is 0 Å². The van der Waals surface area contributed by atoms with E-state index in [9.17, 15) is 22.4 Å². The number of carbonyl (C=O) groups is 1. The highest BCUT2D eigenvalue weighted by atomic mass is 19.4. The van der Waals surface area contributed by atoms with Gasteiger partial charge in [-0.3, -0.25) is 4.79 Å². The van der Waals surface area contributed by atoms with E-state index in [0.717, 1.165) is 24.3 Å². The number of alkyl halides is 3. The zero-order valence-electron chi connectivity index (χ0n) is 17.8. The fourth-order valence-electron chi connectivity index (χ4n) is 3.18. The van der Waals surface area contributed by atoms with Gasteiger partial charge in [0.25, 0.3) is 5.91 Å². The molecule has 10 heteroatoms. The third-order valence-electron chi connectivity index (χ3n) is 4.82. The van der Waals surface area contributed by atoms with Gasteiger partial charge in [-0.05, 0) is 67.6 Å². The molecular weight excluding hydrogens is 452 g/mol. The summed E-state index contributed by atoms with van der Waals surface area (Å²) in [7, 11) is 0. The normalized spacial score (nSPS) is 11.3. The molecule has 1 aromatic heterocycles. The maximum absolute atomic E-state index is 14.4. The Morgan fingerprint density at radius 2 is 1.68 bits per heavy atom. The van der Waals surface area contributed by atoms with Crippen LogP contribution in [-0.2, 0) is 6.18 Å². The smallest absolute Gasteiger partial charge is 0.416 e. The van der Waals surface area contributed by atoms with E-state index < -0.39 is 23.5 Å². The van der Waals surface area contributed by atoms with Crippen molar-refractivity contribution in [1.82, 2.24) is 14.8 Å². The first kappa shape index (κ1) is 23.0. The van der Waals surface area contributed by atoms with Gasteiger partial charge in [0.2, 0.25) is 0 Å². The second-order valence-corrected chi connectivity index (χ2v) is 7.12. The number of rotatable bonds is 6. The molecule has 0 saturated carbocycles. The number of nitrogens with one attached hydrogen (secondary N) is 1. The Morgan fingerprint density at radius 1 is 1.00 bits per heavy atom. The molecule has 0 fully saturated rings. The largest absolute Gasteiger partial charge is 0.463 e. The van der Waals surface area contributed by atoms with Crippen molar-refractivity contribution < 1.29 is 27.1 Å². The Hall–Kier alpha value is -4.21. The van der Waals surface area contributed by atoms with E-state index in [1.165, 1.54) is 10.7 Å². The van der Waals surface area contributed by atoms with Crippen molar-refractivity contribution in [1.29, 1.82) is 0 Å². The minimum atomic E-state index is -4.48. The molecule has 3 aromatic carbocycles. The Kier molecular flexibility index (Phi) is 6.31. The number of amides is 1. The number of hydrogen-bond acceptors (Lipinski definition) is 4. The summed E-state index contributed by atoms with van der Waals surface area (Å²) < 4.78 is 59.3. The van der Waals surface area contributed by atoms with E-state index in [1.54, 1.807) is 49.4 Å². The number of anilines is 1. The van der Waals surface area contributed by atoms with Crippen molar-refractivity contribution in [3.05, 3.63) is 89.7 Å². The Bertz CT molecular complexity index is 1300. The van der Waals surface area contributed by atoms with E-state index >= 15 is 0 Å². The summed E-state index contributed by atoms with van der Waals surface area (Å²) in [5.41, 5.74) is 0.422. The van der Waals surface area contributed by atoms with Gasteiger partial charge in [-0.25, -0.2) is 9.07 Å². The lowest BCUT2D eigenvalue weighted by atomic mass is 10.1. The number of nitrogens with zero attached hydrogens (tertiary/aromatic N) is 3. The van der Waals surface area contributed by atoms with Crippen molar-refractivity contribution in [3.63, 3.8) is 0 Å². The van der Waals surface area contributed by atoms with Gasteiger partial charge in [0.1, 0.15) is 5.82 Å². The lowest BCUT2D eigenvalue weighted by Gasteiger charge is -2.10. The number of benzene rings is 3. The predicted octanol–water partition coefficient (Wildman–Crippen LogP) is 5.74. The van der Waals surface area contributed by atoms with Crippen LogP contribution in [0.25, 0.3) is 17.1 Å². The first-order valence-corrected chi connectivity index (χ1v) is 10.2. The maximum atomic E-state index is 14.4. The van der Waals surface area contributed by atoms with E-state index in [1.807, 2.05) is 0 Å². The minimum Gasteiger partial charge on any atom is -0.463 e. The van der Waals surface area contributed by atoms with E-state index in [2.05, 4.69) is 15.4 Å². The summed E-state index contributed by atoms with van der Waals surface area (Å²) in [6.45, 7) is 2.10. The monoisotopic (exact) mass is 470 g/mol. The van der Waals surface area contributed by atoms with Crippen molar-refractivity contribution in [2.45, 2.75) is 13.1 Å². The number of ether oxygens (including phenoxy) is 1. The van der Waals surface area contributed by atoms with Crippen LogP contribution < -0.4 is 10.1 Å². The SMILES string of the molecule is CCOc1nc(-c2ccccc2F)n(-c2ccc(NC(=O)c3ccc(C(F)(F)F)cc3)cc2)n1. The molecule has 1 heterocycles. The van der Waals surface area contributed by atoms with Crippen LogP contribution in [-0.4, -0.2) is 27.3 Å². The lowest BCUT2D eigenvalue weighted by molar-refractivity contribution is -0.137. The topological polar surface area (TPSA) is 69.0 Å². The maximum Gasteiger partial charge on any atom is 0.416 e. The molecule has 1 N–H and O–H groups in total. The molecule has 0 unspecified atom stereocenters. The van der Waals surface area contributed by atoms with E-state index in [4.69, 9.17) is 4.74 Å². The van der Waals surface area contributed by atoms with Crippen LogP contribution in [0.3, 0.4) is 0 Å². The Balaban J connectivity index is 1.57. The third kappa shape index (κ3) is 4.90. The Labute approximate surface area is 191 Å². The van der Waals surface area contributed by atoms with Crippen LogP contribution in [0.1, 0.15) is 22.8 Å². The molecule has 0 bridgehead atoms. The fraction of sp³-hybridized carbons (Fsp3) is 0.125. The van der Waals surface area contributed by atoms with Crippen molar-refractivity contribution in [3.8, 4) is 23.1 Å². The summed E-state index contributed by atoms with van der Waals surface area (Å²) in [6.07, 6.45) is -4.48. The second-order valence-electron chi connectivity index (χ2n) is 7.12. The van der Waals surface area contributed by atoms with Crippen LogP contribution in [0.15, 0.2) is 72.8 Å². The molecule has 4 rings (SSSR count). The molecule has 0 atom stereocenters. The molecule has 0 radical (unpaired) electrons. The molecule has 0 aliphatic rings. The summed E-state index contributed by atoms with van der Waals surface area (Å²) in [5.74, 6) is -0.796. The highest BCUT2D eigenvalue weighted by Crippen LogP contribution is 2.29. The van der Waals surface area contributed by atoms with E-state index in [0.29, 0.717) is 18.0 Å². The molecule has 0 aliphatic heterocycles. The molecule has 6 nitrogen and oxygen atoms in total. The zero-order chi connectivity index (χ0) is 24.3. The minimum absolute atomic E-state index is 0.0801. The summed E-state index contributed by atoms with van der Waals surface area (Å²) in [4.78, 5) is 16.7. The zero-order valence-corrected chi connectivity index (χ0v) is 17.8. The highest BCUT2D eigenvalue weighted by molar-refractivity contribution is 6.04. The average molecular weight is 470 g/mol. The number of hydrogen-bond donors (Lipinski definition) is 1. The molecule has 174 valence electrons. The van der Waals surface area contributed by atoms with Gasteiger partial charge in [0.05, 0.1) is 23.4 Å². The highest BCUT2D eigenvalue weighted by Gasteiger charge is 2.30. The van der Waals surface area contributed by atoms with Crippen LogP contribution >= 0.6 is 0 Å². The molecule has 0 saturated heterocycles. The Morgan fingerprint density at radius 3 is 2.29 bits per heavy atom. The second kappa shape index (κ2) is 9.34. The molecule has 34 heavy (non-hydrogen) atoms. The van der Waals surface area contributed by atoms with E-state index in [-0.39, 0.29) is 23.0 Å². The number of aromatic nitrogens is 3. The van der Waals surface area contributed by atoms with Crippen molar-refractivity contribution in [2.24, 2.45) is 0 Å². The van der Waals surface area contributed by atoms with Gasteiger partial charge in [0.15, 0.2) is 5.82 Å². The molecule has 4 aromatic rings. The first-order chi connectivity index (χ1) is 16.3. The lowest BCUT2D eigenvalue weighted by Crippen LogP contribution is -2.13. The van der Waals surface area contributed by atoms with Crippen molar-refractivity contribution >= 4 is 11.6 Å². The molecular formula is C24H18F4N4O2. The summed E-state index contributed by atoms with van der Waals surface area (Å²) in [6, 6.07) is 16.6. The fourth-order valence-corrected chi connectivity index (χ4v) is 3.18. The van der Waals surface area contributed by atoms with Gasteiger partial charge in [0, 0.05) is 11.3 Å². The van der Waals surface area contributed by atoms with Crippen LogP contribution in [0.4, 0.5) is 23.2 Å². The van der Waals surface area contributed by atoms with Crippen LogP contribution in [0, 0.1) is 5.82 Å². The summed E-state index contributed by atoms with van der Waals surface area (Å²) in [5, 5.41) is 6.92.